The Bertz CT molecular complexity index is 744. The number of hydrogen-bond acceptors (Lipinski definition) is 4. The van der Waals surface area contributed by atoms with Crippen LogP contribution in [0.2, 0.25) is 0 Å². The molecule has 22 heavy (non-hydrogen) atoms. The molecule has 1 saturated heterocycles. The van der Waals surface area contributed by atoms with Gasteiger partial charge in [0.05, 0.1) is 10.8 Å². The lowest BCUT2D eigenvalue weighted by Crippen LogP contribution is -2.46. The summed E-state index contributed by atoms with van der Waals surface area (Å²) in [5.74, 6) is 0.475. The minimum atomic E-state index is -0.442. The van der Waals surface area contributed by atoms with Gasteiger partial charge in [-0.2, -0.15) is 0 Å². The minimum Gasteiger partial charge on any atom is -0.347 e. The van der Waals surface area contributed by atoms with Crippen molar-refractivity contribution in [2.24, 2.45) is 0 Å². The first-order valence-corrected chi connectivity index (χ1v) is 8.74. The smallest absolute Gasteiger partial charge is 0.265 e. The van der Waals surface area contributed by atoms with E-state index in [9.17, 15) is 14.0 Å². The average Bonchev–Trinajstić information content (AvgIpc) is 3.13. The number of carbonyl (C=O) groups excluding carboxylic acids is 2. The Kier molecular flexibility index (Phi) is 4.10. The molecule has 1 aliphatic rings. The standard InChI is InChI=1S/C15H15FN2O2S2/c1-17(2)14(19)11-7-21-8-18(11)15(20)13-6-9-10(16)4-3-5-12(9)22-13/h3-6,11H,7-8H2,1-2H3. The molecule has 116 valence electrons. The molecule has 0 aliphatic carbocycles. The van der Waals surface area contributed by atoms with Crippen LogP contribution >= 0.6 is 23.1 Å². The fraction of sp³-hybridized carbons (Fsp3) is 0.333. The molecule has 0 radical (unpaired) electrons. The van der Waals surface area contributed by atoms with Crippen molar-refractivity contribution in [3.05, 3.63) is 35.0 Å². The highest BCUT2D eigenvalue weighted by Gasteiger charge is 2.36. The van der Waals surface area contributed by atoms with Gasteiger partial charge >= 0.3 is 0 Å². The number of carbonyl (C=O) groups is 2. The summed E-state index contributed by atoms with van der Waals surface area (Å²) < 4.78 is 14.5. The zero-order valence-electron chi connectivity index (χ0n) is 12.2. The van der Waals surface area contributed by atoms with E-state index in [0.29, 0.717) is 21.9 Å². The van der Waals surface area contributed by atoms with Crippen molar-refractivity contribution in [2.45, 2.75) is 6.04 Å². The molecular weight excluding hydrogens is 323 g/mol. The lowest BCUT2D eigenvalue weighted by Gasteiger charge is -2.24. The number of rotatable bonds is 2. The quantitative estimate of drug-likeness (QED) is 0.845. The SMILES string of the molecule is CN(C)C(=O)C1CSCN1C(=O)c1cc2c(F)cccc2s1. The third kappa shape index (κ3) is 2.59. The molecule has 4 nitrogen and oxygen atoms in total. The number of halogens is 1. The van der Waals surface area contributed by atoms with Crippen LogP contribution in [-0.2, 0) is 4.79 Å². The zero-order chi connectivity index (χ0) is 15.9. The first kappa shape index (κ1) is 15.3. The van der Waals surface area contributed by atoms with E-state index in [1.165, 1.54) is 22.3 Å². The van der Waals surface area contributed by atoms with Crippen molar-refractivity contribution in [3.8, 4) is 0 Å². The molecule has 0 N–H and O–H groups in total. The highest BCUT2D eigenvalue weighted by Crippen LogP contribution is 2.31. The van der Waals surface area contributed by atoms with Crippen LogP contribution in [0.1, 0.15) is 9.67 Å². The summed E-state index contributed by atoms with van der Waals surface area (Å²) in [6.07, 6.45) is 0. The van der Waals surface area contributed by atoms with Gasteiger partial charge in [-0.3, -0.25) is 9.59 Å². The molecule has 0 spiro atoms. The lowest BCUT2D eigenvalue weighted by molar-refractivity contribution is -0.132. The summed E-state index contributed by atoms with van der Waals surface area (Å²) in [4.78, 5) is 28.4. The van der Waals surface area contributed by atoms with Crippen molar-refractivity contribution in [3.63, 3.8) is 0 Å². The number of amides is 2. The van der Waals surface area contributed by atoms with Crippen LogP contribution < -0.4 is 0 Å². The molecule has 0 bridgehead atoms. The average molecular weight is 338 g/mol. The van der Waals surface area contributed by atoms with Crippen molar-refractivity contribution < 1.29 is 14.0 Å². The molecule has 2 heterocycles. The molecule has 3 rings (SSSR count). The van der Waals surface area contributed by atoms with Crippen LogP contribution in [0, 0.1) is 5.82 Å². The van der Waals surface area contributed by atoms with Gasteiger partial charge < -0.3 is 9.80 Å². The summed E-state index contributed by atoms with van der Waals surface area (Å²) in [6, 6.07) is 5.95. The zero-order valence-corrected chi connectivity index (χ0v) is 13.8. The number of thiophene rings is 1. The van der Waals surface area contributed by atoms with E-state index in [-0.39, 0.29) is 17.6 Å². The van der Waals surface area contributed by atoms with Gasteiger partial charge in [0, 0.05) is 29.9 Å². The minimum absolute atomic E-state index is 0.0781. The van der Waals surface area contributed by atoms with Gasteiger partial charge in [0.15, 0.2) is 0 Å². The van der Waals surface area contributed by atoms with E-state index in [4.69, 9.17) is 0 Å². The van der Waals surface area contributed by atoms with Crippen molar-refractivity contribution in [1.82, 2.24) is 9.80 Å². The first-order chi connectivity index (χ1) is 10.5. The van der Waals surface area contributed by atoms with Crippen LogP contribution in [0.15, 0.2) is 24.3 Å². The normalized spacial score (nSPS) is 18.0. The van der Waals surface area contributed by atoms with E-state index in [0.717, 1.165) is 4.70 Å². The molecule has 2 amide bonds. The molecule has 1 aromatic carbocycles. The summed E-state index contributed by atoms with van der Waals surface area (Å²) in [6.45, 7) is 0. The van der Waals surface area contributed by atoms with Gasteiger partial charge in [-0.1, -0.05) is 6.07 Å². The van der Waals surface area contributed by atoms with Crippen molar-refractivity contribution in [1.29, 1.82) is 0 Å². The molecule has 1 aromatic heterocycles. The summed E-state index contributed by atoms with van der Waals surface area (Å²) >= 11 is 2.82. The summed E-state index contributed by atoms with van der Waals surface area (Å²) in [5, 5.41) is 0.457. The Morgan fingerprint density at radius 2 is 2.14 bits per heavy atom. The highest BCUT2D eigenvalue weighted by atomic mass is 32.2. The van der Waals surface area contributed by atoms with Crippen molar-refractivity contribution >= 4 is 45.0 Å². The van der Waals surface area contributed by atoms with E-state index < -0.39 is 6.04 Å². The largest absolute Gasteiger partial charge is 0.347 e. The van der Waals surface area contributed by atoms with Gasteiger partial charge in [-0.25, -0.2) is 4.39 Å². The fourth-order valence-electron chi connectivity index (χ4n) is 2.42. The molecule has 7 heteroatoms. The van der Waals surface area contributed by atoms with E-state index in [1.807, 2.05) is 0 Å². The summed E-state index contributed by atoms with van der Waals surface area (Å²) in [5.41, 5.74) is 0. The molecular formula is C15H15FN2O2S2. The number of fused-ring (bicyclic) bond motifs is 1. The first-order valence-electron chi connectivity index (χ1n) is 6.77. The summed E-state index contributed by atoms with van der Waals surface area (Å²) in [7, 11) is 3.37. The Labute approximate surface area is 135 Å². The van der Waals surface area contributed by atoms with Crippen molar-refractivity contribution in [2.75, 3.05) is 25.7 Å². The van der Waals surface area contributed by atoms with Crippen LogP contribution in [-0.4, -0.2) is 53.4 Å². The number of hydrogen-bond donors (Lipinski definition) is 0. The van der Waals surface area contributed by atoms with Crippen LogP contribution in [0.3, 0.4) is 0 Å². The number of benzene rings is 1. The Hall–Kier alpha value is -1.60. The maximum absolute atomic E-state index is 13.8. The Morgan fingerprint density at radius 3 is 2.82 bits per heavy atom. The van der Waals surface area contributed by atoms with Crippen LogP contribution in [0.5, 0.6) is 0 Å². The topological polar surface area (TPSA) is 40.6 Å². The molecule has 1 aliphatic heterocycles. The van der Waals surface area contributed by atoms with Crippen LogP contribution in [0.25, 0.3) is 10.1 Å². The second-order valence-corrected chi connectivity index (χ2v) is 7.37. The van der Waals surface area contributed by atoms with Gasteiger partial charge in [-0.05, 0) is 18.2 Å². The second kappa shape index (κ2) is 5.89. The van der Waals surface area contributed by atoms with E-state index in [2.05, 4.69) is 0 Å². The van der Waals surface area contributed by atoms with Gasteiger partial charge in [0.2, 0.25) is 5.91 Å². The predicted octanol–water partition coefficient (Wildman–Crippen LogP) is 2.64. The number of thioether (sulfide) groups is 1. The third-order valence-electron chi connectivity index (χ3n) is 3.59. The molecule has 2 aromatic rings. The monoisotopic (exact) mass is 338 g/mol. The second-order valence-electron chi connectivity index (χ2n) is 5.29. The predicted molar refractivity (Wildman–Crippen MR) is 87.8 cm³/mol. The molecule has 1 atom stereocenters. The maximum Gasteiger partial charge on any atom is 0.265 e. The lowest BCUT2D eigenvalue weighted by atomic mass is 10.2. The van der Waals surface area contributed by atoms with Gasteiger partial charge in [-0.15, -0.1) is 23.1 Å². The Morgan fingerprint density at radius 1 is 1.36 bits per heavy atom. The van der Waals surface area contributed by atoms with Gasteiger partial charge in [0.1, 0.15) is 11.9 Å². The number of nitrogens with zero attached hydrogens (tertiary/aromatic N) is 2. The van der Waals surface area contributed by atoms with E-state index >= 15 is 0 Å². The highest BCUT2D eigenvalue weighted by molar-refractivity contribution is 7.99. The van der Waals surface area contributed by atoms with Crippen LogP contribution in [0.4, 0.5) is 4.39 Å². The number of likely N-dealkylation sites (N-methyl/N-ethyl adjacent to an activating group) is 1. The van der Waals surface area contributed by atoms with E-state index in [1.54, 1.807) is 49.0 Å². The Balaban J connectivity index is 1.91. The molecule has 1 fully saturated rings. The maximum atomic E-state index is 13.8. The fourth-order valence-corrected chi connectivity index (χ4v) is 4.59. The van der Waals surface area contributed by atoms with Gasteiger partial charge in [0.25, 0.3) is 5.91 Å². The molecule has 0 saturated carbocycles. The third-order valence-corrected chi connectivity index (χ3v) is 5.69. The molecule has 1 unspecified atom stereocenters.